The molecular weight excluding hydrogens is 392 g/mol. The standard InChI is InChI=1S/C21H24N2O5S/c1-16-4-6-17(7-5-16)23(15-21(24)22-10-2-3-11-22)29(25,26)18-8-9-19-20(14-18)28-13-12-27-19/h4-9,14H,2-3,10-13,15H2,1H3. The third-order valence-electron chi connectivity index (χ3n) is 5.16. The average molecular weight is 416 g/mol. The van der Waals surface area contributed by atoms with Crippen LogP contribution in [0.4, 0.5) is 5.69 Å². The molecular formula is C21H24N2O5S. The highest BCUT2D eigenvalue weighted by atomic mass is 32.2. The molecule has 0 saturated carbocycles. The number of sulfonamides is 1. The minimum Gasteiger partial charge on any atom is -0.486 e. The molecule has 1 saturated heterocycles. The van der Waals surface area contributed by atoms with Gasteiger partial charge >= 0.3 is 0 Å². The van der Waals surface area contributed by atoms with E-state index in [1.165, 1.54) is 16.4 Å². The molecule has 2 aromatic carbocycles. The van der Waals surface area contributed by atoms with Crippen LogP contribution in [-0.2, 0) is 14.8 Å². The van der Waals surface area contributed by atoms with Gasteiger partial charge in [-0.15, -0.1) is 0 Å². The van der Waals surface area contributed by atoms with E-state index in [4.69, 9.17) is 9.47 Å². The molecule has 8 heteroatoms. The highest BCUT2D eigenvalue weighted by Crippen LogP contribution is 2.34. The Morgan fingerprint density at radius 2 is 1.66 bits per heavy atom. The highest BCUT2D eigenvalue weighted by Gasteiger charge is 2.31. The molecule has 0 aliphatic carbocycles. The lowest BCUT2D eigenvalue weighted by molar-refractivity contribution is -0.128. The maximum Gasteiger partial charge on any atom is 0.264 e. The molecule has 0 atom stereocenters. The number of rotatable bonds is 5. The Kier molecular flexibility index (Phi) is 5.36. The normalized spacial score (nSPS) is 16.0. The molecule has 7 nitrogen and oxygen atoms in total. The van der Waals surface area contributed by atoms with Crippen LogP contribution in [0.5, 0.6) is 11.5 Å². The monoisotopic (exact) mass is 416 g/mol. The number of benzene rings is 2. The van der Waals surface area contributed by atoms with Crippen molar-refractivity contribution in [1.29, 1.82) is 0 Å². The van der Waals surface area contributed by atoms with Gasteiger partial charge in [0.05, 0.1) is 10.6 Å². The van der Waals surface area contributed by atoms with Crippen molar-refractivity contribution in [3.05, 3.63) is 48.0 Å². The minimum absolute atomic E-state index is 0.0662. The van der Waals surface area contributed by atoms with E-state index in [9.17, 15) is 13.2 Å². The molecule has 0 N–H and O–H groups in total. The number of hydrogen-bond acceptors (Lipinski definition) is 5. The lowest BCUT2D eigenvalue weighted by atomic mass is 10.2. The summed E-state index contributed by atoms with van der Waals surface area (Å²) in [6.07, 6.45) is 1.90. The molecule has 154 valence electrons. The van der Waals surface area contributed by atoms with Crippen LogP contribution in [0.1, 0.15) is 18.4 Å². The summed E-state index contributed by atoms with van der Waals surface area (Å²) in [7, 11) is -3.97. The van der Waals surface area contributed by atoms with Crippen LogP contribution in [0.15, 0.2) is 47.4 Å². The Morgan fingerprint density at radius 1 is 1.00 bits per heavy atom. The molecule has 1 amide bonds. The van der Waals surface area contributed by atoms with Crippen molar-refractivity contribution in [3.63, 3.8) is 0 Å². The van der Waals surface area contributed by atoms with Gasteiger partial charge in [0, 0.05) is 19.2 Å². The van der Waals surface area contributed by atoms with Gasteiger partial charge in [-0.1, -0.05) is 17.7 Å². The van der Waals surface area contributed by atoms with Crippen LogP contribution in [0, 0.1) is 6.92 Å². The zero-order valence-corrected chi connectivity index (χ0v) is 17.2. The number of carbonyl (C=O) groups is 1. The molecule has 0 radical (unpaired) electrons. The highest BCUT2D eigenvalue weighted by molar-refractivity contribution is 7.92. The van der Waals surface area contributed by atoms with E-state index >= 15 is 0 Å². The second-order valence-corrected chi connectivity index (χ2v) is 9.10. The first-order valence-electron chi connectivity index (χ1n) is 9.72. The maximum atomic E-state index is 13.5. The van der Waals surface area contributed by atoms with Crippen molar-refractivity contribution in [2.24, 2.45) is 0 Å². The van der Waals surface area contributed by atoms with Crippen molar-refractivity contribution in [2.75, 3.05) is 37.2 Å². The van der Waals surface area contributed by atoms with Crippen molar-refractivity contribution in [1.82, 2.24) is 4.90 Å². The third kappa shape index (κ3) is 4.03. The van der Waals surface area contributed by atoms with Crippen LogP contribution in [0.3, 0.4) is 0 Å². The number of nitrogens with zero attached hydrogens (tertiary/aromatic N) is 2. The summed E-state index contributed by atoms with van der Waals surface area (Å²) < 4.78 is 39.2. The first-order chi connectivity index (χ1) is 13.9. The Morgan fingerprint density at radius 3 is 2.34 bits per heavy atom. The summed E-state index contributed by atoms with van der Waals surface area (Å²) >= 11 is 0. The SMILES string of the molecule is Cc1ccc(N(CC(=O)N2CCCC2)S(=O)(=O)c2ccc3c(c2)OCCO3)cc1. The van der Waals surface area contributed by atoms with Gasteiger partial charge in [-0.3, -0.25) is 9.10 Å². The molecule has 0 bridgehead atoms. The third-order valence-corrected chi connectivity index (χ3v) is 6.93. The van der Waals surface area contributed by atoms with Crippen molar-refractivity contribution < 1.29 is 22.7 Å². The van der Waals surface area contributed by atoms with Gasteiger partial charge in [-0.2, -0.15) is 0 Å². The van der Waals surface area contributed by atoms with E-state index in [1.54, 1.807) is 23.1 Å². The summed E-state index contributed by atoms with van der Waals surface area (Å²) in [6.45, 7) is 3.83. The Labute approximate surface area is 170 Å². The van der Waals surface area contributed by atoms with Crippen molar-refractivity contribution in [3.8, 4) is 11.5 Å². The van der Waals surface area contributed by atoms with Gasteiger partial charge in [0.1, 0.15) is 19.8 Å². The fourth-order valence-corrected chi connectivity index (χ4v) is 4.96. The number of carbonyl (C=O) groups excluding carboxylic acids is 1. The topological polar surface area (TPSA) is 76.2 Å². The van der Waals surface area contributed by atoms with E-state index in [2.05, 4.69) is 0 Å². The van der Waals surface area contributed by atoms with Crippen molar-refractivity contribution >= 4 is 21.6 Å². The predicted molar refractivity (Wildman–Crippen MR) is 109 cm³/mol. The Bertz CT molecular complexity index is 998. The second-order valence-electron chi connectivity index (χ2n) is 7.24. The summed E-state index contributed by atoms with van der Waals surface area (Å²) in [4.78, 5) is 14.6. The van der Waals surface area contributed by atoms with Crippen LogP contribution in [0.25, 0.3) is 0 Å². The molecule has 2 heterocycles. The van der Waals surface area contributed by atoms with Crippen LogP contribution >= 0.6 is 0 Å². The summed E-state index contributed by atoms with van der Waals surface area (Å²) in [5, 5.41) is 0. The number of amides is 1. The fraction of sp³-hybridized carbons (Fsp3) is 0.381. The van der Waals surface area contributed by atoms with Crippen LogP contribution < -0.4 is 13.8 Å². The molecule has 2 aliphatic rings. The van der Waals surface area contributed by atoms with Gasteiger partial charge in [0.25, 0.3) is 10.0 Å². The predicted octanol–water partition coefficient (Wildman–Crippen LogP) is 2.58. The molecule has 2 aliphatic heterocycles. The number of anilines is 1. The quantitative estimate of drug-likeness (QED) is 0.749. The van der Waals surface area contributed by atoms with E-state index in [0.717, 1.165) is 18.4 Å². The minimum atomic E-state index is -3.97. The Hall–Kier alpha value is -2.74. The molecule has 0 spiro atoms. The first-order valence-corrected chi connectivity index (χ1v) is 11.2. The van der Waals surface area contributed by atoms with Gasteiger partial charge in [-0.05, 0) is 44.0 Å². The second kappa shape index (κ2) is 7.94. The molecule has 0 unspecified atom stereocenters. The summed E-state index contributed by atoms with van der Waals surface area (Å²) in [6, 6.07) is 11.7. The number of hydrogen-bond donors (Lipinski definition) is 0. The first kappa shape index (κ1) is 19.6. The van der Waals surface area contributed by atoms with Gasteiger partial charge in [-0.25, -0.2) is 8.42 Å². The largest absolute Gasteiger partial charge is 0.486 e. The molecule has 29 heavy (non-hydrogen) atoms. The molecule has 2 aromatic rings. The Balaban J connectivity index is 1.70. The zero-order valence-electron chi connectivity index (χ0n) is 16.3. The van der Waals surface area contributed by atoms with Gasteiger partial charge < -0.3 is 14.4 Å². The lowest BCUT2D eigenvalue weighted by Crippen LogP contribution is -2.42. The molecule has 4 rings (SSSR count). The van der Waals surface area contributed by atoms with Crippen molar-refractivity contribution in [2.45, 2.75) is 24.7 Å². The average Bonchev–Trinajstić information content (AvgIpc) is 3.27. The maximum absolute atomic E-state index is 13.5. The van der Waals surface area contributed by atoms with Crippen LogP contribution in [-0.4, -0.2) is 52.1 Å². The van der Waals surface area contributed by atoms with E-state index in [-0.39, 0.29) is 17.3 Å². The van der Waals surface area contributed by atoms with Gasteiger partial charge in [0.15, 0.2) is 11.5 Å². The van der Waals surface area contributed by atoms with E-state index < -0.39 is 10.0 Å². The number of aryl methyl sites for hydroxylation is 1. The number of ether oxygens (including phenoxy) is 2. The molecule has 1 fully saturated rings. The lowest BCUT2D eigenvalue weighted by Gasteiger charge is -2.27. The summed E-state index contributed by atoms with van der Waals surface area (Å²) in [5.41, 5.74) is 1.47. The summed E-state index contributed by atoms with van der Waals surface area (Å²) in [5.74, 6) is 0.724. The van der Waals surface area contributed by atoms with E-state index in [1.807, 2.05) is 19.1 Å². The van der Waals surface area contributed by atoms with Gasteiger partial charge in [0.2, 0.25) is 5.91 Å². The van der Waals surface area contributed by atoms with Crippen LogP contribution in [0.2, 0.25) is 0 Å². The van der Waals surface area contributed by atoms with E-state index in [0.29, 0.717) is 43.5 Å². The molecule has 0 aromatic heterocycles. The zero-order chi connectivity index (χ0) is 20.4. The number of fused-ring (bicyclic) bond motifs is 1. The number of likely N-dealkylation sites (tertiary alicyclic amines) is 1. The fourth-order valence-electron chi connectivity index (χ4n) is 3.53. The smallest absolute Gasteiger partial charge is 0.264 e.